The van der Waals surface area contributed by atoms with Crippen molar-refractivity contribution in [1.29, 1.82) is 0 Å². The molecule has 5 nitrogen and oxygen atoms in total. The summed E-state index contributed by atoms with van der Waals surface area (Å²) in [6, 6.07) is 6.37. The lowest BCUT2D eigenvalue weighted by atomic mass is 10.0. The number of hydrogen-bond donors (Lipinski definition) is 1. The van der Waals surface area contributed by atoms with Crippen LogP contribution < -0.4 is 10.1 Å². The topological polar surface area (TPSA) is 52.0 Å². The van der Waals surface area contributed by atoms with Gasteiger partial charge in [0.25, 0.3) is 0 Å². The van der Waals surface area contributed by atoms with Crippen LogP contribution in [0.25, 0.3) is 11.1 Å². The third-order valence-corrected chi connectivity index (χ3v) is 3.63. The van der Waals surface area contributed by atoms with Gasteiger partial charge in [-0.2, -0.15) is 0 Å². The molecule has 0 radical (unpaired) electrons. The molecule has 118 valence electrons. The first-order valence-corrected chi connectivity index (χ1v) is 7.17. The van der Waals surface area contributed by atoms with Crippen molar-refractivity contribution in [2.75, 3.05) is 12.4 Å². The number of aromatic nitrogens is 3. The summed E-state index contributed by atoms with van der Waals surface area (Å²) >= 11 is 0. The fraction of sp³-hybridized carbons (Fsp3) is 0.176. The lowest BCUT2D eigenvalue weighted by Gasteiger charge is -2.14. The maximum atomic E-state index is 13.4. The Morgan fingerprint density at radius 3 is 2.83 bits per heavy atom. The van der Waals surface area contributed by atoms with Crippen molar-refractivity contribution in [2.45, 2.75) is 6.54 Å². The van der Waals surface area contributed by atoms with Crippen LogP contribution in [-0.2, 0) is 13.6 Å². The third-order valence-electron chi connectivity index (χ3n) is 3.63. The molecule has 0 saturated carbocycles. The van der Waals surface area contributed by atoms with Crippen LogP contribution in [0, 0.1) is 5.82 Å². The molecule has 0 spiro atoms. The maximum absolute atomic E-state index is 13.4. The van der Waals surface area contributed by atoms with Gasteiger partial charge >= 0.3 is 0 Å². The van der Waals surface area contributed by atoms with Crippen LogP contribution >= 0.6 is 0 Å². The van der Waals surface area contributed by atoms with E-state index in [2.05, 4.69) is 15.3 Å². The molecule has 1 N–H and O–H groups in total. The van der Waals surface area contributed by atoms with Crippen LogP contribution in [0.2, 0.25) is 0 Å². The summed E-state index contributed by atoms with van der Waals surface area (Å²) in [5, 5.41) is 3.33. The first kappa shape index (κ1) is 15.0. The van der Waals surface area contributed by atoms with E-state index in [0.717, 1.165) is 22.6 Å². The van der Waals surface area contributed by atoms with E-state index in [0.29, 0.717) is 12.3 Å². The summed E-state index contributed by atoms with van der Waals surface area (Å²) in [6.07, 6.45) is 7.08. The van der Waals surface area contributed by atoms with Crippen molar-refractivity contribution in [1.82, 2.24) is 14.5 Å². The molecule has 2 heterocycles. The Labute approximate surface area is 133 Å². The van der Waals surface area contributed by atoms with Crippen LogP contribution in [0.3, 0.4) is 0 Å². The summed E-state index contributed by atoms with van der Waals surface area (Å²) in [5.74, 6) is 1.06. The van der Waals surface area contributed by atoms with Crippen molar-refractivity contribution < 1.29 is 9.13 Å². The minimum Gasteiger partial charge on any atom is -0.496 e. The largest absolute Gasteiger partial charge is 0.496 e. The van der Waals surface area contributed by atoms with E-state index in [-0.39, 0.29) is 5.82 Å². The standard InChI is InChI=1S/C17H17FN4O/c1-22-8-7-20-17(22)11-21-15-10-19-6-5-13(15)14-4-3-12(18)9-16(14)23-2/h3-10,21H,11H2,1-2H3. The summed E-state index contributed by atoms with van der Waals surface area (Å²) in [7, 11) is 3.47. The Balaban J connectivity index is 1.93. The highest BCUT2D eigenvalue weighted by atomic mass is 19.1. The fourth-order valence-corrected chi connectivity index (χ4v) is 2.40. The first-order chi connectivity index (χ1) is 11.2. The number of imidazole rings is 1. The highest BCUT2D eigenvalue weighted by Crippen LogP contribution is 2.35. The van der Waals surface area contributed by atoms with Gasteiger partial charge in [0.1, 0.15) is 17.4 Å². The number of ether oxygens (including phenoxy) is 1. The van der Waals surface area contributed by atoms with E-state index in [4.69, 9.17) is 4.74 Å². The number of halogens is 1. The SMILES string of the molecule is COc1cc(F)ccc1-c1ccncc1NCc1nccn1C. The van der Waals surface area contributed by atoms with Crippen LogP contribution in [0.4, 0.5) is 10.1 Å². The molecule has 2 aromatic heterocycles. The highest BCUT2D eigenvalue weighted by molar-refractivity contribution is 5.81. The van der Waals surface area contributed by atoms with E-state index in [9.17, 15) is 4.39 Å². The average Bonchev–Trinajstić information content (AvgIpc) is 2.98. The third kappa shape index (κ3) is 3.15. The molecular formula is C17H17FN4O. The second kappa shape index (κ2) is 6.48. The number of anilines is 1. The van der Waals surface area contributed by atoms with Crippen molar-refractivity contribution in [3.05, 3.63) is 60.7 Å². The van der Waals surface area contributed by atoms with Gasteiger partial charge in [0, 0.05) is 42.8 Å². The summed E-state index contributed by atoms with van der Waals surface area (Å²) in [5.41, 5.74) is 2.53. The molecule has 6 heteroatoms. The van der Waals surface area contributed by atoms with Crippen molar-refractivity contribution in [2.24, 2.45) is 7.05 Å². The summed E-state index contributed by atoms with van der Waals surface area (Å²) in [6.45, 7) is 0.561. The van der Waals surface area contributed by atoms with Gasteiger partial charge in [-0.3, -0.25) is 4.98 Å². The highest BCUT2D eigenvalue weighted by Gasteiger charge is 2.12. The van der Waals surface area contributed by atoms with E-state index in [1.165, 1.54) is 19.2 Å². The number of hydrogen-bond acceptors (Lipinski definition) is 4. The molecule has 1 aromatic carbocycles. The molecule has 0 atom stereocenters. The number of nitrogens with zero attached hydrogens (tertiary/aromatic N) is 3. The molecule has 0 amide bonds. The van der Waals surface area contributed by atoms with Gasteiger partial charge in [0.2, 0.25) is 0 Å². The van der Waals surface area contributed by atoms with Crippen molar-refractivity contribution in [3.8, 4) is 16.9 Å². The Bertz CT molecular complexity index is 816. The zero-order valence-electron chi connectivity index (χ0n) is 13.0. The minimum absolute atomic E-state index is 0.331. The smallest absolute Gasteiger partial charge is 0.129 e. The number of methoxy groups -OCH3 is 1. The Morgan fingerprint density at radius 2 is 2.09 bits per heavy atom. The van der Waals surface area contributed by atoms with Gasteiger partial charge in [0.15, 0.2) is 0 Å². The lowest BCUT2D eigenvalue weighted by molar-refractivity contribution is 0.413. The molecule has 0 fully saturated rings. The maximum Gasteiger partial charge on any atom is 0.129 e. The summed E-state index contributed by atoms with van der Waals surface area (Å²) < 4.78 is 20.7. The van der Waals surface area contributed by atoms with Crippen LogP contribution in [0.1, 0.15) is 5.82 Å². The fourth-order valence-electron chi connectivity index (χ4n) is 2.40. The van der Waals surface area contributed by atoms with E-state index in [1.54, 1.807) is 24.7 Å². The molecule has 0 bridgehead atoms. The van der Waals surface area contributed by atoms with Gasteiger partial charge in [-0.25, -0.2) is 9.37 Å². The minimum atomic E-state index is -0.331. The number of rotatable bonds is 5. The number of pyridine rings is 1. The lowest BCUT2D eigenvalue weighted by Crippen LogP contribution is -2.07. The van der Waals surface area contributed by atoms with Crippen LogP contribution in [-0.4, -0.2) is 21.6 Å². The van der Waals surface area contributed by atoms with E-state index >= 15 is 0 Å². The molecule has 23 heavy (non-hydrogen) atoms. The zero-order valence-corrected chi connectivity index (χ0v) is 13.0. The molecule has 0 unspecified atom stereocenters. The normalized spacial score (nSPS) is 10.6. The molecular weight excluding hydrogens is 295 g/mol. The zero-order chi connectivity index (χ0) is 16.2. The predicted octanol–water partition coefficient (Wildman–Crippen LogP) is 3.24. The van der Waals surface area contributed by atoms with E-state index < -0.39 is 0 Å². The Morgan fingerprint density at radius 1 is 1.22 bits per heavy atom. The number of benzene rings is 1. The second-order valence-electron chi connectivity index (χ2n) is 5.07. The quantitative estimate of drug-likeness (QED) is 0.786. The predicted molar refractivity (Wildman–Crippen MR) is 86.7 cm³/mol. The van der Waals surface area contributed by atoms with Crippen LogP contribution in [0.5, 0.6) is 5.75 Å². The van der Waals surface area contributed by atoms with Gasteiger partial charge in [-0.15, -0.1) is 0 Å². The molecule has 0 saturated heterocycles. The molecule has 0 aliphatic rings. The average molecular weight is 312 g/mol. The van der Waals surface area contributed by atoms with Gasteiger partial charge in [0.05, 0.1) is 25.5 Å². The second-order valence-corrected chi connectivity index (χ2v) is 5.07. The van der Waals surface area contributed by atoms with Crippen molar-refractivity contribution in [3.63, 3.8) is 0 Å². The molecule has 0 aliphatic heterocycles. The number of aryl methyl sites for hydroxylation is 1. The molecule has 3 aromatic rings. The molecule has 3 rings (SSSR count). The Kier molecular flexibility index (Phi) is 4.23. The van der Waals surface area contributed by atoms with E-state index in [1.807, 2.05) is 23.9 Å². The van der Waals surface area contributed by atoms with Gasteiger partial charge < -0.3 is 14.6 Å². The van der Waals surface area contributed by atoms with Gasteiger partial charge in [-0.1, -0.05) is 0 Å². The van der Waals surface area contributed by atoms with Gasteiger partial charge in [-0.05, 0) is 18.2 Å². The van der Waals surface area contributed by atoms with Crippen LogP contribution in [0.15, 0.2) is 49.1 Å². The summed E-state index contributed by atoms with van der Waals surface area (Å²) in [4.78, 5) is 8.45. The number of nitrogens with one attached hydrogen (secondary N) is 1. The Hall–Kier alpha value is -2.89. The first-order valence-electron chi connectivity index (χ1n) is 7.17. The monoisotopic (exact) mass is 312 g/mol. The molecule has 0 aliphatic carbocycles. The van der Waals surface area contributed by atoms with Crippen molar-refractivity contribution >= 4 is 5.69 Å².